The van der Waals surface area contributed by atoms with Crippen LogP contribution in [-0.4, -0.2) is 40.2 Å². The molecule has 0 unspecified atom stereocenters. The first-order chi connectivity index (χ1) is 13.0. The van der Waals surface area contributed by atoms with Crippen molar-refractivity contribution in [3.05, 3.63) is 39.9 Å². The van der Waals surface area contributed by atoms with Crippen LogP contribution < -0.4 is 5.56 Å². The molecule has 1 fully saturated rings. The molecule has 3 rings (SSSR count). The van der Waals surface area contributed by atoms with E-state index >= 15 is 0 Å². The van der Waals surface area contributed by atoms with Crippen molar-refractivity contribution in [3.63, 3.8) is 0 Å². The minimum atomic E-state index is -0.262. The lowest BCUT2D eigenvalue weighted by molar-refractivity contribution is 0.0920. The number of piperidine rings is 1. The highest BCUT2D eigenvalue weighted by atomic mass is 16.6. The first-order valence-electron chi connectivity index (χ1n) is 9.98. The van der Waals surface area contributed by atoms with Crippen LogP contribution in [0, 0.1) is 6.92 Å². The largest absolute Gasteiger partial charge is 0.450 e. The van der Waals surface area contributed by atoms with Crippen molar-refractivity contribution in [2.45, 2.75) is 58.9 Å². The van der Waals surface area contributed by atoms with Gasteiger partial charge in [-0.05, 0) is 45.2 Å². The molecule has 0 bridgehead atoms. The van der Waals surface area contributed by atoms with Gasteiger partial charge in [0.15, 0.2) is 0 Å². The number of carbonyl (C=O) groups is 1. The molecule has 1 aromatic carbocycles. The third-order valence-corrected chi connectivity index (χ3v) is 5.24. The van der Waals surface area contributed by atoms with Gasteiger partial charge in [0.25, 0.3) is 5.56 Å². The zero-order chi connectivity index (χ0) is 19.4. The maximum Gasteiger partial charge on any atom is 0.409 e. The third kappa shape index (κ3) is 4.15. The molecule has 1 aromatic heterocycles. The minimum absolute atomic E-state index is 0.0457. The number of aromatic nitrogens is 2. The second-order valence-electron chi connectivity index (χ2n) is 7.24. The van der Waals surface area contributed by atoms with Crippen LogP contribution >= 0.6 is 0 Å². The van der Waals surface area contributed by atoms with Gasteiger partial charge in [0.05, 0.1) is 17.5 Å². The summed E-state index contributed by atoms with van der Waals surface area (Å²) in [5.41, 5.74) is 1.88. The first kappa shape index (κ1) is 19.4. The molecule has 0 saturated carbocycles. The molecule has 0 aliphatic carbocycles. The maximum atomic E-state index is 13.3. The summed E-state index contributed by atoms with van der Waals surface area (Å²) in [4.78, 5) is 31.8. The Labute approximate surface area is 160 Å². The number of nitrogens with zero attached hydrogens (tertiary/aromatic N) is 3. The van der Waals surface area contributed by atoms with E-state index < -0.39 is 0 Å². The van der Waals surface area contributed by atoms with E-state index in [2.05, 4.69) is 6.92 Å². The molecule has 0 N–H and O–H groups in total. The molecule has 0 radical (unpaired) electrons. The molecule has 2 aromatic rings. The monoisotopic (exact) mass is 371 g/mol. The number of amides is 1. The van der Waals surface area contributed by atoms with E-state index in [1.807, 2.05) is 36.6 Å². The van der Waals surface area contributed by atoms with E-state index in [-0.39, 0.29) is 17.7 Å². The van der Waals surface area contributed by atoms with Gasteiger partial charge in [-0.3, -0.25) is 9.36 Å². The van der Waals surface area contributed by atoms with Gasteiger partial charge in [0, 0.05) is 25.6 Å². The van der Waals surface area contributed by atoms with Crippen molar-refractivity contribution in [3.8, 4) is 0 Å². The lowest BCUT2D eigenvalue weighted by Gasteiger charge is -2.33. The van der Waals surface area contributed by atoms with E-state index in [0.29, 0.717) is 25.1 Å². The van der Waals surface area contributed by atoms with Crippen molar-refractivity contribution in [2.75, 3.05) is 19.7 Å². The number of fused-ring (bicyclic) bond motifs is 1. The standard InChI is InChI=1S/C21H29N3O3/c1-4-6-7-19-22-18-9-8-15(3)14-17(18)20(25)24(19)16-10-12-23(13-11-16)21(26)27-5-2/h8-9,14,16H,4-7,10-13H2,1-3H3. The van der Waals surface area contributed by atoms with Crippen LogP contribution in [0.25, 0.3) is 10.9 Å². The summed E-state index contributed by atoms with van der Waals surface area (Å²) in [6, 6.07) is 5.95. The molecular formula is C21H29N3O3. The topological polar surface area (TPSA) is 64.4 Å². The van der Waals surface area contributed by atoms with Crippen molar-refractivity contribution >= 4 is 17.0 Å². The highest BCUT2D eigenvalue weighted by Gasteiger charge is 2.27. The van der Waals surface area contributed by atoms with E-state index in [1.165, 1.54) is 0 Å². The van der Waals surface area contributed by atoms with Crippen LogP contribution in [0.15, 0.2) is 23.0 Å². The zero-order valence-electron chi connectivity index (χ0n) is 16.5. The zero-order valence-corrected chi connectivity index (χ0v) is 16.5. The third-order valence-electron chi connectivity index (χ3n) is 5.24. The molecule has 146 valence electrons. The summed E-state index contributed by atoms with van der Waals surface area (Å²) < 4.78 is 7.00. The van der Waals surface area contributed by atoms with Crippen molar-refractivity contribution < 1.29 is 9.53 Å². The fraction of sp³-hybridized carbons (Fsp3) is 0.571. The Bertz CT molecular complexity index is 867. The average molecular weight is 371 g/mol. The van der Waals surface area contributed by atoms with E-state index in [4.69, 9.17) is 9.72 Å². The number of hydrogen-bond acceptors (Lipinski definition) is 4. The highest BCUT2D eigenvalue weighted by molar-refractivity contribution is 5.78. The molecule has 1 amide bonds. The number of aryl methyl sites for hydroxylation is 2. The number of benzene rings is 1. The predicted octanol–water partition coefficient (Wildman–Crippen LogP) is 3.84. The Morgan fingerprint density at radius 1 is 1.26 bits per heavy atom. The first-order valence-corrected chi connectivity index (χ1v) is 9.98. The molecule has 6 heteroatoms. The highest BCUT2D eigenvalue weighted by Crippen LogP contribution is 2.24. The lowest BCUT2D eigenvalue weighted by Crippen LogP contribution is -2.42. The maximum absolute atomic E-state index is 13.3. The molecule has 2 heterocycles. The summed E-state index contributed by atoms with van der Waals surface area (Å²) in [6.07, 6.45) is 4.09. The smallest absolute Gasteiger partial charge is 0.409 e. The second kappa shape index (κ2) is 8.55. The average Bonchev–Trinajstić information content (AvgIpc) is 2.67. The number of carbonyl (C=O) groups excluding carboxylic acids is 1. The molecule has 1 aliphatic heterocycles. The van der Waals surface area contributed by atoms with Crippen molar-refractivity contribution in [1.82, 2.24) is 14.5 Å². The minimum Gasteiger partial charge on any atom is -0.450 e. The molecule has 1 saturated heterocycles. The molecule has 27 heavy (non-hydrogen) atoms. The Hall–Kier alpha value is -2.37. The van der Waals surface area contributed by atoms with Crippen molar-refractivity contribution in [2.24, 2.45) is 0 Å². The van der Waals surface area contributed by atoms with Gasteiger partial charge in [-0.25, -0.2) is 9.78 Å². The fourth-order valence-electron chi connectivity index (χ4n) is 3.77. The Kier molecular flexibility index (Phi) is 6.14. The summed E-state index contributed by atoms with van der Waals surface area (Å²) >= 11 is 0. The number of likely N-dealkylation sites (tertiary alicyclic amines) is 1. The van der Waals surface area contributed by atoms with Crippen LogP contribution in [0.2, 0.25) is 0 Å². The number of unbranched alkanes of at least 4 members (excludes halogenated alkanes) is 1. The number of rotatable bonds is 5. The van der Waals surface area contributed by atoms with Crippen LogP contribution in [0.1, 0.15) is 57.0 Å². The molecule has 0 spiro atoms. The molecule has 0 atom stereocenters. The van der Waals surface area contributed by atoms with Gasteiger partial charge in [-0.15, -0.1) is 0 Å². The van der Waals surface area contributed by atoms with Gasteiger partial charge >= 0.3 is 6.09 Å². The molecule has 1 aliphatic rings. The Morgan fingerprint density at radius 2 is 2.00 bits per heavy atom. The second-order valence-corrected chi connectivity index (χ2v) is 7.24. The van der Waals surface area contributed by atoms with Gasteiger partial charge in [0.1, 0.15) is 5.82 Å². The van der Waals surface area contributed by atoms with Crippen molar-refractivity contribution in [1.29, 1.82) is 0 Å². The summed E-state index contributed by atoms with van der Waals surface area (Å²) in [7, 11) is 0. The molecule has 6 nitrogen and oxygen atoms in total. The molecular weight excluding hydrogens is 342 g/mol. The van der Waals surface area contributed by atoms with Crippen LogP contribution in [0.3, 0.4) is 0 Å². The summed E-state index contributed by atoms with van der Waals surface area (Å²) in [5, 5.41) is 0.683. The van der Waals surface area contributed by atoms with Gasteiger partial charge in [-0.2, -0.15) is 0 Å². The SMILES string of the molecule is CCCCc1nc2ccc(C)cc2c(=O)n1C1CCN(C(=O)OCC)CC1. The van der Waals surface area contributed by atoms with Crippen LogP contribution in [-0.2, 0) is 11.2 Å². The number of hydrogen-bond donors (Lipinski definition) is 0. The van der Waals surface area contributed by atoms with Gasteiger partial charge in [0.2, 0.25) is 0 Å². The van der Waals surface area contributed by atoms with E-state index in [9.17, 15) is 9.59 Å². The fourth-order valence-corrected chi connectivity index (χ4v) is 3.77. The normalized spacial score (nSPS) is 15.3. The quantitative estimate of drug-likeness (QED) is 0.801. The number of ether oxygens (including phenoxy) is 1. The van der Waals surface area contributed by atoms with E-state index in [1.54, 1.807) is 4.90 Å². The Morgan fingerprint density at radius 3 is 2.67 bits per heavy atom. The predicted molar refractivity (Wildman–Crippen MR) is 106 cm³/mol. The van der Waals surface area contributed by atoms with Crippen LogP contribution in [0.4, 0.5) is 4.79 Å². The summed E-state index contributed by atoms with van der Waals surface area (Å²) in [5.74, 6) is 0.868. The van der Waals surface area contributed by atoms with Crippen LogP contribution in [0.5, 0.6) is 0 Å². The van der Waals surface area contributed by atoms with E-state index in [0.717, 1.165) is 49.0 Å². The van der Waals surface area contributed by atoms with Gasteiger partial charge in [-0.1, -0.05) is 25.0 Å². The summed E-state index contributed by atoms with van der Waals surface area (Å²) in [6.45, 7) is 7.54. The van der Waals surface area contributed by atoms with Gasteiger partial charge < -0.3 is 9.64 Å². The lowest BCUT2D eigenvalue weighted by atomic mass is 10.0. The Balaban J connectivity index is 1.93.